The summed E-state index contributed by atoms with van der Waals surface area (Å²) >= 11 is 0. The SMILES string of the molecule is CCOC/C(O)=C(\[N+]#N)C(=O)O[C@@H]1C[C@H](C)CC[C@H]1C(C)C. The van der Waals surface area contributed by atoms with E-state index in [2.05, 4.69) is 25.7 Å². The highest BCUT2D eigenvalue weighted by Gasteiger charge is 2.38. The fraction of sp³-hybridized carbons (Fsp3) is 0.812. The minimum Gasteiger partial charge on any atom is -0.503 e. The summed E-state index contributed by atoms with van der Waals surface area (Å²) in [4.78, 5) is 15.0. The fourth-order valence-corrected chi connectivity index (χ4v) is 2.93. The Labute approximate surface area is 132 Å². The van der Waals surface area contributed by atoms with Gasteiger partial charge < -0.3 is 14.6 Å². The molecule has 0 saturated heterocycles. The largest absolute Gasteiger partial charge is 0.507 e. The van der Waals surface area contributed by atoms with Gasteiger partial charge in [0.15, 0.2) is 4.98 Å². The van der Waals surface area contributed by atoms with E-state index >= 15 is 0 Å². The van der Waals surface area contributed by atoms with Gasteiger partial charge in [-0.2, -0.15) is 0 Å². The number of aliphatic hydroxyl groups excluding tert-OH is 1. The van der Waals surface area contributed by atoms with Crippen LogP contribution in [0.1, 0.15) is 47.0 Å². The Bertz CT molecular complexity index is 454. The molecule has 1 N–H and O–H groups in total. The molecule has 0 aromatic heterocycles. The van der Waals surface area contributed by atoms with E-state index in [9.17, 15) is 9.90 Å². The average molecular weight is 311 g/mol. The predicted octanol–water partition coefficient (Wildman–Crippen LogP) is 3.65. The standard InChI is InChI=1S/C16H26N2O4/c1-5-21-9-13(19)15(18-17)16(20)22-14-8-11(4)6-7-12(14)10(2)3/h10-12,14H,5-9H2,1-4H3/p+1/t11-,12+,14-/m1/s1. The fourth-order valence-electron chi connectivity index (χ4n) is 2.93. The third kappa shape index (κ3) is 4.99. The van der Waals surface area contributed by atoms with Gasteiger partial charge in [0.05, 0.1) is 0 Å². The van der Waals surface area contributed by atoms with E-state index in [-0.39, 0.29) is 18.6 Å². The molecule has 6 nitrogen and oxygen atoms in total. The van der Waals surface area contributed by atoms with Gasteiger partial charge in [0.2, 0.25) is 11.2 Å². The van der Waals surface area contributed by atoms with Gasteiger partial charge in [-0.3, -0.25) is 0 Å². The molecule has 0 amide bonds. The van der Waals surface area contributed by atoms with Crippen molar-refractivity contribution in [3.05, 3.63) is 16.4 Å². The second kappa shape index (κ2) is 8.74. The van der Waals surface area contributed by atoms with Crippen molar-refractivity contribution < 1.29 is 19.4 Å². The summed E-state index contributed by atoms with van der Waals surface area (Å²) in [5.74, 6) is -0.0398. The molecule has 124 valence electrons. The zero-order chi connectivity index (χ0) is 16.7. The minimum atomic E-state index is -0.801. The zero-order valence-corrected chi connectivity index (χ0v) is 13.9. The van der Waals surface area contributed by atoms with E-state index in [1.54, 1.807) is 6.92 Å². The Morgan fingerprint density at radius 1 is 1.41 bits per heavy atom. The molecule has 0 aromatic carbocycles. The number of nitrogens with zero attached hydrogens (tertiary/aromatic N) is 2. The quantitative estimate of drug-likeness (QED) is 0.350. The maximum atomic E-state index is 12.2. The molecule has 0 aliphatic heterocycles. The monoisotopic (exact) mass is 311 g/mol. The predicted molar refractivity (Wildman–Crippen MR) is 82.5 cm³/mol. The first kappa shape index (κ1) is 18.4. The molecular formula is C16H27N2O4+. The van der Waals surface area contributed by atoms with Crippen LogP contribution in [0, 0.1) is 23.1 Å². The van der Waals surface area contributed by atoms with Crippen molar-refractivity contribution in [1.29, 1.82) is 5.39 Å². The zero-order valence-electron chi connectivity index (χ0n) is 13.9. The number of carbonyl (C=O) groups excluding carboxylic acids is 1. The second-order valence-electron chi connectivity index (χ2n) is 6.30. The van der Waals surface area contributed by atoms with Gasteiger partial charge in [-0.05, 0) is 37.5 Å². The first-order chi connectivity index (χ1) is 10.4. The molecule has 1 fully saturated rings. The summed E-state index contributed by atoms with van der Waals surface area (Å²) in [5.41, 5.74) is -0.478. The van der Waals surface area contributed by atoms with Crippen LogP contribution >= 0.6 is 0 Å². The van der Waals surface area contributed by atoms with E-state index < -0.39 is 17.4 Å². The van der Waals surface area contributed by atoms with Crippen molar-refractivity contribution in [1.82, 2.24) is 0 Å². The van der Waals surface area contributed by atoms with Gasteiger partial charge in [-0.1, -0.05) is 27.2 Å². The number of diazo groups is 1. The van der Waals surface area contributed by atoms with E-state index in [0.29, 0.717) is 18.4 Å². The number of ether oxygens (including phenoxy) is 2. The molecule has 1 aliphatic rings. The van der Waals surface area contributed by atoms with Crippen molar-refractivity contribution in [2.45, 2.75) is 53.1 Å². The van der Waals surface area contributed by atoms with Gasteiger partial charge in [-0.25, -0.2) is 4.79 Å². The number of rotatable bonds is 6. The molecule has 0 unspecified atom stereocenters. The Morgan fingerprint density at radius 2 is 2.09 bits per heavy atom. The third-order valence-electron chi connectivity index (χ3n) is 4.23. The van der Waals surface area contributed by atoms with Gasteiger partial charge in [-0.15, -0.1) is 0 Å². The third-order valence-corrected chi connectivity index (χ3v) is 4.23. The average Bonchev–Trinajstić information content (AvgIpc) is 2.45. The van der Waals surface area contributed by atoms with Crippen LogP contribution in [-0.4, -0.2) is 30.4 Å². The first-order valence-corrected chi connectivity index (χ1v) is 7.96. The molecular weight excluding hydrogens is 284 g/mol. The van der Waals surface area contributed by atoms with E-state index in [4.69, 9.17) is 14.9 Å². The molecule has 3 atom stereocenters. The number of carbonyl (C=O) groups is 1. The molecule has 0 bridgehead atoms. The minimum absolute atomic E-state index is 0.181. The van der Waals surface area contributed by atoms with Crippen LogP contribution in [0.15, 0.2) is 11.5 Å². The van der Waals surface area contributed by atoms with Gasteiger partial charge in [0.1, 0.15) is 12.7 Å². The maximum absolute atomic E-state index is 12.2. The molecule has 1 rings (SSSR count). The maximum Gasteiger partial charge on any atom is 0.507 e. The van der Waals surface area contributed by atoms with Crippen LogP contribution < -0.4 is 0 Å². The molecule has 0 spiro atoms. The van der Waals surface area contributed by atoms with Crippen molar-refractivity contribution in [3.8, 4) is 0 Å². The van der Waals surface area contributed by atoms with Crippen LogP contribution in [0.5, 0.6) is 0 Å². The summed E-state index contributed by atoms with van der Waals surface area (Å²) in [7, 11) is 0. The summed E-state index contributed by atoms with van der Waals surface area (Å²) in [6, 6.07) is 0. The lowest BCUT2D eigenvalue weighted by Gasteiger charge is -2.36. The Kier molecular flexibility index (Phi) is 7.33. The molecule has 0 aromatic rings. The second-order valence-corrected chi connectivity index (χ2v) is 6.30. The summed E-state index contributed by atoms with van der Waals surface area (Å²) in [6.07, 6.45) is 2.71. The lowest BCUT2D eigenvalue weighted by molar-refractivity contribution is -0.151. The molecule has 22 heavy (non-hydrogen) atoms. The Hall–Kier alpha value is -1.61. The van der Waals surface area contributed by atoms with Crippen molar-refractivity contribution in [2.24, 2.45) is 17.8 Å². The van der Waals surface area contributed by atoms with Crippen molar-refractivity contribution in [2.75, 3.05) is 13.2 Å². The Morgan fingerprint density at radius 3 is 2.64 bits per heavy atom. The molecule has 1 aliphatic carbocycles. The topological polar surface area (TPSA) is 83.9 Å². The van der Waals surface area contributed by atoms with Crippen molar-refractivity contribution >= 4 is 5.97 Å². The summed E-state index contributed by atoms with van der Waals surface area (Å²) in [6.45, 7) is 8.32. The number of hydrogen-bond acceptors (Lipinski definition) is 5. The number of hydrogen-bond donors (Lipinski definition) is 1. The van der Waals surface area contributed by atoms with Crippen LogP contribution in [0.25, 0.3) is 4.98 Å². The van der Waals surface area contributed by atoms with Gasteiger partial charge in [0, 0.05) is 6.61 Å². The van der Waals surface area contributed by atoms with Gasteiger partial charge >= 0.3 is 11.7 Å². The highest BCUT2D eigenvalue weighted by atomic mass is 16.5. The van der Waals surface area contributed by atoms with Crippen LogP contribution in [0.2, 0.25) is 0 Å². The van der Waals surface area contributed by atoms with Crippen molar-refractivity contribution in [3.63, 3.8) is 0 Å². The van der Waals surface area contributed by atoms with Crippen LogP contribution in [-0.2, 0) is 14.3 Å². The summed E-state index contributed by atoms with van der Waals surface area (Å²) < 4.78 is 10.5. The molecule has 6 heteroatoms. The molecule has 0 radical (unpaired) electrons. The highest BCUT2D eigenvalue weighted by Crippen LogP contribution is 2.35. The van der Waals surface area contributed by atoms with E-state index in [0.717, 1.165) is 19.3 Å². The Balaban J connectivity index is 2.81. The highest BCUT2D eigenvalue weighted by molar-refractivity contribution is 5.90. The van der Waals surface area contributed by atoms with Gasteiger partial charge in [0.25, 0.3) is 0 Å². The lowest BCUT2D eigenvalue weighted by atomic mass is 9.75. The smallest absolute Gasteiger partial charge is 0.503 e. The normalized spacial score (nSPS) is 26.3. The number of esters is 1. The van der Waals surface area contributed by atoms with Crippen LogP contribution in [0.3, 0.4) is 0 Å². The molecule has 0 heterocycles. The van der Waals surface area contributed by atoms with E-state index in [1.165, 1.54) is 0 Å². The lowest BCUT2D eigenvalue weighted by Crippen LogP contribution is -2.36. The first-order valence-electron chi connectivity index (χ1n) is 7.96. The number of aliphatic hydroxyl groups is 1. The molecule has 1 saturated carbocycles. The van der Waals surface area contributed by atoms with Crippen LogP contribution in [0.4, 0.5) is 0 Å². The van der Waals surface area contributed by atoms with E-state index in [1.807, 2.05) is 0 Å². The summed E-state index contributed by atoms with van der Waals surface area (Å²) in [5, 5.41) is 18.7.